The fourth-order valence-corrected chi connectivity index (χ4v) is 2.69. The molecule has 21 heavy (non-hydrogen) atoms. The minimum atomic E-state index is 0.273. The van der Waals surface area contributed by atoms with Crippen LogP contribution in [-0.4, -0.2) is 34.6 Å². The molecule has 118 valence electrons. The van der Waals surface area contributed by atoms with E-state index in [1.165, 1.54) is 32.1 Å². The predicted molar refractivity (Wildman–Crippen MR) is 88.1 cm³/mol. The zero-order valence-electron chi connectivity index (χ0n) is 13.1. The molecule has 2 rings (SSSR count). The van der Waals surface area contributed by atoms with Gasteiger partial charge in [-0.25, -0.2) is 0 Å². The molecule has 2 heterocycles. The van der Waals surface area contributed by atoms with Crippen molar-refractivity contribution < 1.29 is 0 Å². The highest BCUT2D eigenvalue weighted by molar-refractivity contribution is 6.28. The van der Waals surface area contributed by atoms with Crippen LogP contribution in [0.15, 0.2) is 0 Å². The third-order valence-corrected chi connectivity index (χ3v) is 3.90. The van der Waals surface area contributed by atoms with Crippen molar-refractivity contribution in [2.45, 2.75) is 52.4 Å². The van der Waals surface area contributed by atoms with Crippen LogP contribution in [0.3, 0.4) is 0 Å². The first-order valence-corrected chi connectivity index (χ1v) is 8.43. The molecule has 0 amide bonds. The SMILES string of the molecule is CC(C)CCCCNc1nc(Cl)nc(N2CCCCC2)n1. The maximum Gasteiger partial charge on any atom is 0.231 e. The van der Waals surface area contributed by atoms with Gasteiger partial charge in [0.05, 0.1) is 0 Å². The number of hydrogen-bond acceptors (Lipinski definition) is 5. The van der Waals surface area contributed by atoms with Gasteiger partial charge in [-0.1, -0.05) is 26.7 Å². The van der Waals surface area contributed by atoms with E-state index in [0.29, 0.717) is 11.9 Å². The molecule has 1 aliphatic heterocycles. The van der Waals surface area contributed by atoms with Crippen LogP contribution in [0.25, 0.3) is 0 Å². The van der Waals surface area contributed by atoms with E-state index in [0.717, 1.165) is 32.0 Å². The second kappa shape index (κ2) is 8.37. The number of hydrogen-bond donors (Lipinski definition) is 1. The van der Waals surface area contributed by atoms with Gasteiger partial charge in [-0.2, -0.15) is 15.0 Å². The van der Waals surface area contributed by atoms with Crippen molar-refractivity contribution >= 4 is 23.5 Å². The zero-order chi connectivity index (χ0) is 15.1. The van der Waals surface area contributed by atoms with E-state index in [-0.39, 0.29) is 5.28 Å². The Morgan fingerprint density at radius 2 is 1.86 bits per heavy atom. The van der Waals surface area contributed by atoms with Gasteiger partial charge in [-0.3, -0.25) is 0 Å². The molecule has 0 radical (unpaired) electrons. The van der Waals surface area contributed by atoms with Gasteiger partial charge in [0.15, 0.2) is 0 Å². The zero-order valence-corrected chi connectivity index (χ0v) is 13.9. The first-order valence-electron chi connectivity index (χ1n) is 8.05. The summed E-state index contributed by atoms with van der Waals surface area (Å²) in [4.78, 5) is 15.1. The lowest BCUT2D eigenvalue weighted by atomic mass is 10.1. The van der Waals surface area contributed by atoms with Crippen molar-refractivity contribution in [3.63, 3.8) is 0 Å². The Kier molecular flexibility index (Phi) is 6.49. The lowest BCUT2D eigenvalue weighted by Gasteiger charge is -2.26. The largest absolute Gasteiger partial charge is 0.354 e. The van der Waals surface area contributed by atoms with Crippen LogP contribution in [0.5, 0.6) is 0 Å². The number of unbranched alkanes of at least 4 members (excludes halogenated alkanes) is 1. The van der Waals surface area contributed by atoms with Crippen molar-refractivity contribution in [1.29, 1.82) is 0 Å². The average molecular weight is 312 g/mol. The molecule has 0 saturated carbocycles. The smallest absolute Gasteiger partial charge is 0.231 e. The summed E-state index contributed by atoms with van der Waals surface area (Å²) in [5, 5.41) is 3.54. The molecular weight excluding hydrogens is 286 g/mol. The van der Waals surface area contributed by atoms with Gasteiger partial charge in [-0.05, 0) is 43.2 Å². The Balaban J connectivity index is 1.86. The third kappa shape index (κ3) is 5.65. The maximum atomic E-state index is 6.02. The summed E-state index contributed by atoms with van der Waals surface area (Å²) in [6.07, 6.45) is 7.29. The van der Waals surface area contributed by atoms with Crippen molar-refractivity contribution in [3.8, 4) is 0 Å². The fourth-order valence-electron chi connectivity index (χ4n) is 2.53. The van der Waals surface area contributed by atoms with Crippen molar-refractivity contribution in [2.75, 3.05) is 29.9 Å². The summed E-state index contributed by atoms with van der Waals surface area (Å²) in [7, 11) is 0. The lowest BCUT2D eigenvalue weighted by Crippen LogP contribution is -2.31. The van der Waals surface area contributed by atoms with Crippen molar-refractivity contribution in [1.82, 2.24) is 15.0 Å². The average Bonchev–Trinajstić information content (AvgIpc) is 2.47. The van der Waals surface area contributed by atoms with Crippen LogP contribution in [-0.2, 0) is 0 Å². The molecule has 1 saturated heterocycles. The summed E-state index contributed by atoms with van der Waals surface area (Å²) >= 11 is 6.02. The highest BCUT2D eigenvalue weighted by atomic mass is 35.5. The number of aromatic nitrogens is 3. The van der Waals surface area contributed by atoms with E-state index in [2.05, 4.69) is 39.0 Å². The Morgan fingerprint density at radius 1 is 1.10 bits per heavy atom. The van der Waals surface area contributed by atoms with Gasteiger partial charge in [0.25, 0.3) is 0 Å². The molecule has 1 aliphatic rings. The molecule has 1 aromatic rings. The van der Waals surface area contributed by atoms with Crippen LogP contribution in [0.1, 0.15) is 52.4 Å². The van der Waals surface area contributed by atoms with E-state index in [4.69, 9.17) is 11.6 Å². The topological polar surface area (TPSA) is 53.9 Å². The fraction of sp³-hybridized carbons (Fsp3) is 0.800. The van der Waals surface area contributed by atoms with E-state index in [1.807, 2.05) is 0 Å². The van der Waals surface area contributed by atoms with Gasteiger partial charge < -0.3 is 10.2 Å². The van der Waals surface area contributed by atoms with Gasteiger partial charge in [0.1, 0.15) is 0 Å². The van der Waals surface area contributed by atoms with Crippen LogP contribution in [0.4, 0.5) is 11.9 Å². The van der Waals surface area contributed by atoms with E-state index < -0.39 is 0 Å². The third-order valence-electron chi connectivity index (χ3n) is 3.73. The summed E-state index contributed by atoms with van der Waals surface area (Å²) in [5.74, 6) is 2.07. The highest BCUT2D eigenvalue weighted by Gasteiger charge is 2.15. The quantitative estimate of drug-likeness (QED) is 0.777. The highest BCUT2D eigenvalue weighted by Crippen LogP contribution is 2.18. The lowest BCUT2D eigenvalue weighted by molar-refractivity contribution is 0.544. The Hall–Kier alpha value is -1.10. The van der Waals surface area contributed by atoms with Gasteiger partial charge >= 0.3 is 0 Å². The number of anilines is 2. The monoisotopic (exact) mass is 311 g/mol. The molecule has 5 nitrogen and oxygen atoms in total. The molecule has 0 spiro atoms. The van der Waals surface area contributed by atoms with Gasteiger partial charge in [0, 0.05) is 19.6 Å². The number of nitrogens with zero attached hydrogens (tertiary/aromatic N) is 4. The molecule has 0 unspecified atom stereocenters. The molecule has 1 fully saturated rings. The minimum Gasteiger partial charge on any atom is -0.354 e. The summed E-state index contributed by atoms with van der Waals surface area (Å²) in [6, 6.07) is 0. The molecule has 1 N–H and O–H groups in total. The minimum absolute atomic E-state index is 0.273. The van der Waals surface area contributed by atoms with Crippen LogP contribution < -0.4 is 10.2 Å². The van der Waals surface area contributed by atoms with Gasteiger partial charge in [0.2, 0.25) is 17.2 Å². The standard InChI is InChI=1S/C15H26ClN5/c1-12(2)8-4-5-9-17-14-18-13(16)19-15(20-14)21-10-6-3-7-11-21/h12H,3-11H2,1-2H3,(H,17,18,19,20). The van der Waals surface area contributed by atoms with E-state index in [9.17, 15) is 0 Å². The van der Waals surface area contributed by atoms with Crippen molar-refractivity contribution in [2.24, 2.45) is 5.92 Å². The first-order chi connectivity index (χ1) is 10.1. The van der Waals surface area contributed by atoms with E-state index in [1.54, 1.807) is 0 Å². The summed E-state index contributed by atoms with van der Waals surface area (Å²) in [5.41, 5.74) is 0. The number of piperidine rings is 1. The molecule has 0 aromatic carbocycles. The van der Waals surface area contributed by atoms with Crippen LogP contribution in [0, 0.1) is 5.92 Å². The number of nitrogens with one attached hydrogen (secondary N) is 1. The molecule has 1 aromatic heterocycles. The molecule has 0 aliphatic carbocycles. The van der Waals surface area contributed by atoms with Crippen molar-refractivity contribution in [3.05, 3.63) is 5.28 Å². The summed E-state index contributed by atoms with van der Waals surface area (Å²) in [6.45, 7) is 7.41. The normalized spacial score (nSPS) is 15.5. The van der Waals surface area contributed by atoms with Crippen LogP contribution >= 0.6 is 11.6 Å². The second-order valence-corrected chi connectivity index (χ2v) is 6.43. The Morgan fingerprint density at radius 3 is 2.57 bits per heavy atom. The number of halogens is 1. The van der Waals surface area contributed by atoms with Gasteiger partial charge in [-0.15, -0.1) is 0 Å². The van der Waals surface area contributed by atoms with Crippen LogP contribution in [0.2, 0.25) is 5.28 Å². The Bertz CT molecular complexity index is 432. The predicted octanol–water partition coefficient (Wildman–Crippen LogP) is 3.75. The van der Waals surface area contributed by atoms with E-state index >= 15 is 0 Å². The summed E-state index contributed by atoms with van der Waals surface area (Å²) < 4.78 is 0. The molecule has 0 bridgehead atoms. The molecule has 6 heteroatoms. The maximum absolute atomic E-state index is 6.02. The second-order valence-electron chi connectivity index (χ2n) is 6.09. The number of rotatable bonds is 7. The molecule has 0 atom stereocenters. The Labute approximate surface area is 132 Å². The first kappa shape index (κ1) is 16.3. The molecular formula is C15H26ClN5.